The molecule has 0 unspecified atom stereocenters. The lowest BCUT2D eigenvalue weighted by Crippen LogP contribution is -2.23. The standard InChI is InChI=1S/C22H16F3N9O2/c1-10-13-5-12(7-27-18(13)32-31-10)36-16-8-28-19-17(14(16)6-26)34(3)21(30-19)29-15-4-11(22(23,24)25)9-33(2)20(15)35/h4-5,7-9H,1-3H3,(H,27,31,32)(H,28,29,30). The second-order valence-corrected chi connectivity index (χ2v) is 7.95. The maximum absolute atomic E-state index is 13.2. The number of anilines is 2. The van der Waals surface area contributed by atoms with E-state index in [1.165, 1.54) is 31.1 Å². The molecule has 36 heavy (non-hydrogen) atoms. The number of nitrogens with zero attached hydrogens (tertiary/aromatic N) is 7. The zero-order chi connectivity index (χ0) is 25.8. The number of aryl methyl sites for hydroxylation is 3. The van der Waals surface area contributed by atoms with E-state index >= 15 is 0 Å². The fourth-order valence-corrected chi connectivity index (χ4v) is 3.71. The summed E-state index contributed by atoms with van der Waals surface area (Å²) in [6.07, 6.45) is -1.18. The number of pyridine rings is 3. The van der Waals surface area contributed by atoms with E-state index < -0.39 is 17.3 Å². The molecule has 11 nitrogen and oxygen atoms in total. The molecule has 0 aromatic carbocycles. The van der Waals surface area contributed by atoms with Gasteiger partial charge < -0.3 is 19.2 Å². The van der Waals surface area contributed by atoms with Gasteiger partial charge >= 0.3 is 6.18 Å². The minimum atomic E-state index is -4.65. The number of halogens is 3. The van der Waals surface area contributed by atoms with Crippen LogP contribution in [0.15, 0.2) is 35.5 Å². The second-order valence-electron chi connectivity index (χ2n) is 7.95. The predicted octanol–water partition coefficient (Wildman–Crippen LogP) is 3.67. The van der Waals surface area contributed by atoms with Gasteiger partial charge in [0.15, 0.2) is 17.0 Å². The number of alkyl halides is 3. The summed E-state index contributed by atoms with van der Waals surface area (Å²) in [6.45, 7) is 1.83. The summed E-state index contributed by atoms with van der Waals surface area (Å²) >= 11 is 0. The van der Waals surface area contributed by atoms with Gasteiger partial charge in [0, 0.05) is 31.4 Å². The molecule has 0 fully saturated rings. The molecule has 0 aliphatic heterocycles. The zero-order valence-electron chi connectivity index (χ0n) is 19.0. The third-order valence-electron chi connectivity index (χ3n) is 5.54. The molecule has 2 N–H and O–H groups in total. The van der Waals surface area contributed by atoms with Crippen molar-refractivity contribution in [2.24, 2.45) is 14.1 Å². The molecule has 5 rings (SSSR count). The summed E-state index contributed by atoms with van der Waals surface area (Å²) in [6, 6.07) is 4.48. The Bertz CT molecular complexity index is 1760. The maximum atomic E-state index is 13.2. The SMILES string of the molecule is Cc1[nH]nc2ncc(Oc3cnc4nc(Nc5cc(C(F)(F)F)cn(C)c5=O)n(C)c4c3C#N)cc12. The number of H-pyrrole nitrogens is 1. The van der Waals surface area contributed by atoms with Crippen molar-refractivity contribution in [1.29, 1.82) is 5.26 Å². The van der Waals surface area contributed by atoms with Crippen molar-refractivity contribution in [2.75, 3.05) is 5.32 Å². The molecule has 0 radical (unpaired) electrons. The van der Waals surface area contributed by atoms with Gasteiger partial charge in [-0.25, -0.2) is 9.97 Å². The summed E-state index contributed by atoms with van der Waals surface area (Å²) in [5.74, 6) is 0.481. The van der Waals surface area contributed by atoms with Gasteiger partial charge in [0.25, 0.3) is 5.56 Å². The normalized spacial score (nSPS) is 11.7. The van der Waals surface area contributed by atoms with Crippen molar-refractivity contribution in [2.45, 2.75) is 13.1 Å². The lowest BCUT2D eigenvalue weighted by molar-refractivity contribution is -0.138. The van der Waals surface area contributed by atoms with Gasteiger partial charge in [0.05, 0.1) is 18.0 Å². The van der Waals surface area contributed by atoms with Crippen LogP contribution in [-0.2, 0) is 20.3 Å². The molecule has 0 aliphatic rings. The Morgan fingerprint density at radius 1 is 1.17 bits per heavy atom. The molecule has 5 aromatic heterocycles. The molecule has 182 valence electrons. The number of hydrogen-bond acceptors (Lipinski definition) is 8. The summed E-state index contributed by atoms with van der Waals surface area (Å²) < 4.78 is 47.8. The van der Waals surface area contributed by atoms with Gasteiger partial charge in [0.1, 0.15) is 28.6 Å². The van der Waals surface area contributed by atoms with Gasteiger partial charge in [-0.2, -0.15) is 28.5 Å². The highest BCUT2D eigenvalue weighted by Crippen LogP contribution is 2.33. The summed E-state index contributed by atoms with van der Waals surface area (Å²) in [5.41, 5.74) is -0.251. The van der Waals surface area contributed by atoms with E-state index in [2.05, 4.69) is 36.5 Å². The Kier molecular flexibility index (Phi) is 5.13. The second kappa shape index (κ2) is 8.08. The molecule has 0 spiro atoms. The Hall–Kier alpha value is -4.93. The number of nitriles is 1. The third kappa shape index (κ3) is 3.76. The molecule has 0 atom stereocenters. The fourth-order valence-electron chi connectivity index (χ4n) is 3.71. The summed E-state index contributed by atoms with van der Waals surface area (Å²) in [5, 5.41) is 20.1. The van der Waals surface area contributed by atoms with Gasteiger partial charge in [-0.05, 0) is 19.1 Å². The first kappa shape index (κ1) is 22.8. The van der Waals surface area contributed by atoms with E-state index in [1.54, 1.807) is 6.07 Å². The average molecular weight is 495 g/mol. The van der Waals surface area contributed by atoms with Crippen molar-refractivity contribution in [3.8, 4) is 17.6 Å². The molecule has 5 aromatic rings. The highest BCUT2D eigenvalue weighted by atomic mass is 19.4. The van der Waals surface area contributed by atoms with Crippen molar-refractivity contribution in [3.63, 3.8) is 0 Å². The minimum Gasteiger partial charge on any atom is -0.453 e. The molecule has 0 saturated heterocycles. The van der Waals surface area contributed by atoms with Crippen LogP contribution < -0.4 is 15.6 Å². The Morgan fingerprint density at radius 3 is 2.64 bits per heavy atom. The van der Waals surface area contributed by atoms with E-state index in [4.69, 9.17) is 4.74 Å². The summed E-state index contributed by atoms with van der Waals surface area (Å²) in [7, 11) is 2.75. The predicted molar refractivity (Wildman–Crippen MR) is 122 cm³/mol. The van der Waals surface area contributed by atoms with E-state index in [0.717, 1.165) is 15.6 Å². The molecule has 0 saturated carbocycles. The van der Waals surface area contributed by atoms with Crippen LogP contribution in [0.2, 0.25) is 0 Å². The highest BCUT2D eigenvalue weighted by Gasteiger charge is 2.32. The number of aromatic nitrogens is 7. The number of nitrogens with one attached hydrogen (secondary N) is 2. The van der Waals surface area contributed by atoms with E-state index in [-0.39, 0.29) is 34.1 Å². The van der Waals surface area contributed by atoms with E-state index in [9.17, 15) is 23.2 Å². The Labute approximate surface area is 199 Å². The van der Waals surface area contributed by atoms with Crippen LogP contribution >= 0.6 is 0 Å². The molecule has 5 heterocycles. The molecular formula is C22H16F3N9O2. The summed E-state index contributed by atoms with van der Waals surface area (Å²) in [4.78, 5) is 25.1. The van der Waals surface area contributed by atoms with Crippen LogP contribution in [-0.4, -0.2) is 34.3 Å². The van der Waals surface area contributed by atoms with Crippen LogP contribution in [0.4, 0.5) is 24.8 Å². The van der Waals surface area contributed by atoms with Crippen molar-refractivity contribution in [3.05, 3.63) is 57.9 Å². The van der Waals surface area contributed by atoms with Gasteiger partial charge in [-0.15, -0.1) is 0 Å². The monoisotopic (exact) mass is 495 g/mol. The van der Waals surface area contributed by atoms with Gasteiger partial charge in [-0.1, -0.05) is 0 Å². The van der Waals surface area contributed by atoms with Crippen LogP contribution in [0.3, 0.4) is 0 Å². The first-order chi connectivity index (χ1) is 17.1. The number of ether oxygens (including phenoxy) is 1. The zero-order valence-corrected chi connectivity index (χ0v) is 19.0. The largest absolute Gasteiger partial charge is 0.453 e. The lowest BCUT2D eigenvalue weighted by Gasteiger charge is -2.12. The van der Waals surface area contributed by atoms with Crippen molar-refractivity contribution < 1.29 is 17.9 Å². The van der Waals surface area contributed by atoms with Crippen molar-refractivity contribution in [1.82, 2.24) is 34.3 Å². The Balaban J connectivity index is 1.56. The molecule has 0 amide bonds. The maximum Gasteiger partial charge on any atom is 0.417 e. The molecule has 0 aliphatic carbocycles. The number of rotatable bonds is 4. The number of fused-ring (bicyclic) bond motifs is 2. The first-order valence-electron chi connectivity index (χ1n) is 10.4. The van der Waals surface area contributed by atoms with Crippen LogP contribution in [0.5, 0.6) is 11.5 Å². The average Bonchev–Trinajstić information content (AvgIpc) is 3.35. The quantitative estimate of drug-likeness (QED) is 0.385. The van der Waals surface area contributed by atoms with Crippen LogP contribution in [0.1, 0.15) is 16.8 Å². The van der Waals surface area contributed by atoms with E-state index in [1.807, 2.05) is 6.92 Å². The number of hydrogen-bond donors (Lipinski definition) is 2. The highest BCUT2D eigenvalue weighted by molar-refractivity contribution is 5.84. The van der Waals surface area contributed by atoms with Crippen LogP contribution in [0, 0.1) is 18.3 Å². The van der Waals surface area contributed by atoms with Crippen LogP contribution in [0.25, 0.3) is 22.2 Å². The smallest absolute Gasteiger partial charge is 0.417 e. The van der Waals surface area contributed by atoms with Gasteiger partial charge in [0.2, 0.25) is 5.95 Å². The molecule has 14 heteroatoms. The topological polar surface area (TPSA) is 139 Å². The lowest BCUT2D eigenvalue weighted by atomic mass is 10.2. The number of imidazole rings is 1. The molecular weight excluding hydrogens is 479 g/mol. The molecule has 0 bridgehead atoms. The van der Waals surface area contributed by atoms with Gasteiger partial charge in [-0.3, -0.25) is 9.89 Å². The number of aromatic amines is 1. The van der Waals surface area contributed by atoms with Crippen molar-refractivity contribution >= 4 is 33.8 Å². The first-order valence-corrected chi connectivity index (χ1v) is 10.4. The van der Waals surface area contributed by atoms with E-state index in [0.29, 0.717) is 23.7 Å². The minimum absolute atomic E-state index is 0.0136. The Morgan fingerprint density at radius 2 is 1.92 bits per heavy atom. The third-order valence-corrected chi connectivity index (χ3v) is 5.54. The fraction of sp³-hybridized carbons (Fsp3) is 0.182.